The average Bonchev–Trinajstić information content (AvgIpc) is 3.20. The van der Waals surface area contributed by atoms with E-state index in [1.807, 2.05) is 38.1 Å². The highest BCUT2D eigenvalue weighted by molar-refractivity contribution is 9.10. The van der Waals surface area contributed by atoms with Gasteiger partial charge in [-0.2, -0.15) is 0 Å². The van der Waals surface area contributed by atoms with Crippen molar-refractivity contribution in [2.24, 2.45) is 4.99 Å². The van der Waals surface area contributed by atoms with Crippen LogP contribution in [0, 0.1) is 17.0 Å². The molecule has 35 heavy (non-hydrogen) atoms. The summed E-state index contributed by atoms with van der Waals surface area (Å²) in [6, 6.07) is 17.3. The number of nitro groups is 1. The Morgan fingerprint density at radius 1 is 1.09 bits per heavy atom. The second-order valence-corrected chi connectivity index (χ2v) is 8.53. The summed E-state index contributed by atoms with van der Waals surface area (Å²) >= 11 is 3.54. The molecule has 0 N–H and O–H groups in total. The van der Waals surface area contributed by atoms with Crippen molar-refractivity contribution in [3.8, 4) is 11.5 Å². The van der Waals surface area contributed by atoms with Crippen LogP contribution >= 0.6 is 15.9 Å². The lowest BCUT2D eigenvalue weighted by Crippen LogP contribution is -2.05. The van der Waals surface area contributed by atoms with E-state index in [2.05, 4.69) is 20.9 Å². The van der Waals surface area contributed by atoms with Gasteiger partial charge in [-0.3, -0.25) is 10.1 Å². The molecule has 1 aliphatic rings. The summed E-state index contributed by atoms with van der Waals surface area (Å²) in [5, 5.41) is 10.8. The first-order chi connectivity index (χ1) is 16.8. The van der Waals surface area contributed by atoms with Gasteiger partial charge in [0.15, 0.2) is 17.2 Å². The highest BCUT2D eigenvalue weighted by Crippen LogP contribution is 2.38. The standard InChI is InChI=1S/C26H21BrN2O6/c1-3-33-23-14-18(12-21(27)24(23)34-15-17-6-4-16(2)5-7-17)13-22-26(30)35-25(28-22)19-8-10-20(11-9-19)29(31)32/h4-14H,3,15H2,1-2H3/b22-13-. The minimum Gasteiger partial charge on any atom is -0.490 e. The second kappa shape index (κ2) is 10.5. The third-order valence-electron chi connectivity index (χ3n) is 5.08. The Morgan fingerprint density at radius 2 is 1.80 bits per heavy atom. The maximum absolute atomic E-state index is 12.4. The molecule has 0 fully saturated rings. The topological polar surface area (TPSA) is 100 Å². The Labute approximate surface area is 210 Å². The molecule has 0 spiro atoms. The van der Waals surface area contributed by atoms with Gasteiger partial charge in [0.1, 0.15) is 6.61 Å². The van der Waals surface area contributed by atoms with Crippen LogP contribution in [0.5, 0.6) is 11.5 Å². The number of hydrogen-bond donors (Lipinski definition) is 0. The van der Waals surface area contributed by atoms with Crippen molar-refractivity contribution >= 4 is 39.6 Å². The van der Waals surface area contributed by atoms with E-state index < -0.39 is 10.9 Å². The van der Waals surface area contributed by atoms with Crippen molar-refractivity contribution in [3.63, 3.8) is 0 Å². The largest absolute Gasteiger partial charge is 0.490 e. The summed E-state index contributed by atoms with van der Waals surface area (Å²) in [6.45, 7) is 4.70. The van der Waals surface area contributed by atoms with E-state index in [1.54, 1.807) is 18.2 Å². The highest BCUT2D eigenvalue weighted by Gasteiger charge is 2.25. The summed E-state index contributed by atoms with van der Waals surface area (Å²) in [4.78, 5) is 27.0. The molecule has 0 bridgehead atoms. The number of benzene rings is 3. The molecular weight excluding hydrogens is 516 g/mol. The molecule has 3 aromatic carbocycles. The van der Waals surface area contributed by atoms with Crippen LogP contribution in [-0.2, 0) is 16.1 Å². The Morgan fingerprint density at radius 3 is 2.46 bits per heavy atom. The van der Waals surface area contributed by atoms with Crippen molar-refractivity contribution < 1.29 is 23.9 Å². The maximum Gasteiger partial charge on any atom is 0.363 e. The molecule has 3 aromatic rings. The van der Waals surface area contributed by atoms with Crippen LogP contribution in [0.25, 0.3) is 6.08 Å². The van der Waals surface area contributed by atoms with E-state index >= 15 is 0 Å². The molecule has 0 atom stereocenters. The van der Waals surface area contributed by atoms with Crippen LogP contribution in [-0.4, -0.2) is 23.4 Å². The van der Waals surface area contributed by atoms with Gasteiger partial charge in [0.2, 0.25) is 5.90 Å². The fraction of sp³-hybridized carbons (Fsp3) is 0.154. The van der Waals surface area contributed by atoms with Gasteiger partial charge in [-0.05, 0) is 71.2 Å². The van der Waals surface area contributed by atoms with E-state index in [-0.39, 0.29) is 17.3 Å². The van der Waals surface area contributed by atoms with E-state index in [9.17, 15) is 14.9 Å². The first-order valence-corrected chi connectivity index (χ1v) is 11.6. The lowest BCUT2D eigenvalue weighted by molar-refractivity contribution is -0.384. The van der Waals surface area contributed by atoms with Crippen molar-refractivity contribution in [2.75, 3.05) is 6.61 Å². The molecule has 0 aromatic heterocycles. The van der Waals surface area contributed by atoms with Crippen molar-refractivity contribution in [1.82, 2.24) is 0 Å². The van der Waals surface area contributed by atoms with Gasteiger partial charge < -0.3 is 14.2 Å². The Bertz CT molecular complexity index is 1330. The SMILES string of the molecule is CCOc1cc(/C=C2\N=C(c3ccc([N+](=O)[O-])cc3)OC2=O)cc(Br)c1OCc1ccc(C)cc1. The highest BCUT2D eigenvalue weighted by atomic mass is 79.9. The fourth-order valence-corrected chi connectivity index (χ4v) is 3.90. The molecule has 0 radical (unpaired) electrons. The molecule has 4 rings (SSSR count). The predicted molar refractivity (Wildman–Crippen MR) is 135 cm³/mol. The third-order valence-corrected chi connectivity index (χ3v) is 5.67. The molecule has 0 amide bonds. The van der Waals surface area contributed by atoms with Gasteiger partial charge in [0.05, 0.1) is 16.0 Å². The number of nitro benzene ring substituents is 1. The number of hydrogen-bond acceptors (Lipinski definition) is 7. The number of non-ortho nitro benzene ring substituents is 1. The van der Waals surface area contributed by atoms with Crippen molar-refractivity contribution in [1.29, 1.82) is 0 Å². The number of aryl methyl sites for hydroxylation is 1. The van der Waals surface area contributed by atoms with Crippen LogP contribution in [0.15, 0.2) is 75.8 Å². The predicted octanol–water partition coefficient (Wildman–Crippen LogP) is 5.99. The fourth-order valence-electron chi connectivity index (χ4n) is 3.33. The first kappa shape index (κ1) is 24.2. The van der Waals surface area contributed by atoms with E-state index in [0.29, 0.717) is 40.3 Å². The number of rotatable bonds is 8. The maximum atomic E-state index is 12.4. The minimum absolute atomic E-state index is 0.0626. The molecule has 0 saturated heterocycles. The normalized spacial score (nSPS) is 14.0. The quantitative estimate of drug-likeness (QED) is 0.152. The molecule has 0 unspecified atom stereocenters. The lowest BCUT2D eigenvalue weighted by Gasteiger charge is -2.15. The first-order valence-electron chi connectivity index (χ1n) is 10.8. The van der Waals surface area contributed by atoms with Gasteiger partial charge in [-0.1, -0.05) is 29.8 Å². The van der Waals surface area contributed by atoms with Gasteiger partial charge in [0, 0.05) is 17.7 Å². The number of halogens is 1. The Kier molecular flexibility index (Phi) is 7.26. The summed E-state index contributed by atoms with van der Waals surface area (Å²) in [5.41, 5.74) is 3.35. The molecule has 0 aliphatic carbocycles. The minimum atomic E-state index is -0.618. The molecule has 1 heterocycles. The van der Waals surface area contributed by atoms with Crippen LogP contribution in [0.2, 0.25) is 0 Å². The number of ether oxygens (including phenoxy) is 3. The lowest BCUT2D eigenvalue weighted by atomic mass is 10.1. The van der Waals surface area contributed by atoms with Gasteiger partial charge in [-0.25, -0.2) is 9.79 Å². The van der Waals surface area contributed by atoms with E-state index in [1.165, 1.54) is 29.8 Å². The number of esters is 1. The zero-order chi connectivity index (χ0) is 24.9. The number of carbonyl (C=O) groups excluding carboxylic acids is 1. The number of carbonyl (C=O) groups is 1. The number of nitrogens with zero attached hydrogens (tertiary/aromatic N) is 2. The molecule has 1 aliphatic heterocycles. The number of aliphatic imine (C=N–C) groups is 1. The summed E-state index contributed by atoms with van der Waals surface area (Å²) < 4.78 is 17.7. The summed E-state index contributed by atoms with van der Waals surface area (Å²) in [6.07, 6.45) is 1.58. The van der Waals surface area contributed by atoms with Gasteiger partial charge in [0.25, 0.3) is 5.69 Å². The van der Waals surface area contributed by atoms with E-state index in [4.69, 9.17) is 14.2 Å². The van der Waals surface area contributed by atoms with Crippen molar-refractivity contribution in [3.05, 3.63) is 103 Å². The molecule has 178 valence electrons. The Hall–Kier alpha value is -3.98. The van der Waals surface area contributed by atoms with Crippen LogP contribution in [0.1, 0.15) is 29.2 Å². The average molecular weight is 537 g/mol. The van der Waals surface area contributed by atoms with Crippen molar-refractivity contribution in [2.45, 2.75) is 20.5 Å². The zero-order valence-electron chi connectivity index (χ0n) is 19.0. The van der Waals surface area contributed by atoms with E-state index in [0.717, 1.165) is 5.56 Å². The molecule has 9 heteroatoms. The molecular formula is C26H21BrN2O6. The smallest absolute Gasteiger partial charge is 0.363 e. The molecule has 8 nitrogen and oxygen atoms in total. The van der Waals surface area contributed by atoms with Crippen LogP contribution in [0.3, 0.4) is 0 Å². The number of cyclic esters (lactones) is 1. The summed E-state index contributed by atoms with van der Waals surface area (Å²) in [5.74, 6) is 0.538. The van der Waals surface area contributed by atoms with Crippen LogP contribution < -0.4 is 9.47 Å². The third kappa shape index (κ3) is 5.75. The van der Waals surface area contributed by atoms with Gasteiger partial charge >= 0.3 is 5.97 Å². The second-order valence-electron chi connectivity index (χ2n) is 7.68. The summed E-state index contributed by atoms with van der Waals surface area (Å²) in [7, 11) is 0. The van der Waals surface area contributed by atoms with Crippen LogP contribution in [0.4, 0.5) is 5.69 Å². The zero-order valence-corrected chi connectivity index (χ0v) is 20.6. The van der Waals surface area contributed by atoms with Gasteiger partial charge in [-0.15, -0.1) is 0 Å². The Balaban J connectivity index is 1.59. The molecule has 0 saturated carbocycles. The monoisotopic (exact) mass is 536 g/mol.